The van der Waals surface area contributed by atoms with Crippen molar-refractivity contribution in [1.82, 2.24) is 14.8 Å². The van der Waals surface area contributed by atoms with Crippen LogP contribution in [0.25, 0.3) is 16.5 Å². The Labute approximate surface area is 202 Å². The molecule has 35 heavy (non-hydrogen) atoms. The second-order valence-corrected chi connectivity index (χ2v) is 9.93. The summed E-state index contributed by atoms with van der Waals surface area (Å²) in [6.07, 6.45) is 2.06. The number of benzene rings is 4. The Bertz CT molecular complexity index is 1660. The minimum Gasteiger partial charge on any atom is -0.324 e. The average molecular weight is 480 g/mol. The Morgan fingerprint density at radius 2 is 1.49 bits per heavy atom. The van der Waals surface area contributed by atoms with Gasteiger partial charge in [0.05, 0.1) is 4.90 Å². The molecule has 0 saturated carbocycles. The minimum atomic E-state index is -3.89. The first kappa shape index (κ1) is 21.1. The van der Waals surface area contributed by atoms with Crippen molar-refractivity contribution in [2.45, 2.75) is 10.9 Å². The fourth-order valence-electron chi connectivity index (χ4n) is 4.22. The summed E-state index contributed by atoms with van der Waals surface area (Å²) in [6, 6.07) is 32.2. The van der Waals surface area contributed by atoms with Gasteiger partial charge < -0.3 is 5.32 Å². The molecule has 1 aliphatic heterocycles. The zero-order valence-electron chi connectivity index (χ0n) is 18.5. The molecule has 0 spiro atoms. The molecule has 7 nitrogen and oxygen atoms in total. The van der Waals surface area contributed by atoms with Crippen molar-refractivity contribution in [2.75, 3.05) is 10.0 Å². The maximum Gasteiger partial charge on any atom is 0.264 e. The fraction of sp³-hybridized carbons (Fsp3) is 0.0370. The van der Waals surface area contributed by atoms with Crippen molar-refractivity contribution in [3.8, 4) is 0 Å². The SMILES string of the molecule is O=S(=O)(Nc1nc2n(n1)[C@H](c1ccccc1)C=C(c1ccccc1)N2)c1ccc2ccccc2c1. The number of rotatable bonds is 5. The molecule has 0 saturated heterocycles. The number of hydrogen-bond donors (Lipinski definition) is 2. The highest BCUT2D eigenvalue weighted by Crippen LogP contribution is 2.33. The lowest BCUT2D eigenvalue weighted by Gasteiger charge is -2.24. The van der Waals surface area contributed by atoms with Gasteiger partial charge in [-0.25, -0.2) is 17.8 Å². The van der Waals surface area contributed by atoms with Crippen LogP contribution in [-0.2, 0) is 10.0 Å². The van der Waals surface area contributed by atoms with E-state index in [9.17, 15) is 8.42 Å². The number of allylic oxidation sites excluding steroid dienone is 1. The van der Waals surface area contributed by atoms with E-state index in [1.807, 2.05) is 84.9 Å². The quantitative estimate of drug-likeness (QED) is 0.358. The van der Waals surface area contributed by atoms with Crippen LogP contribution in [0.4, 0.5) is 11.9 Å². The summed E-state index contributed by atoms with van der Waals surface area (Å²) in [5.74, 6) is 0.459. The first-order chi connectivity index (χ1) is 17.1. The predicted octanol–water partition coefficient (Wildman–Crippen LogP) is 5.29. The smallest absolute Gasteiger partial charge is 0.264 e. The van der Waals surface area contributed by atoms with Gasteiger partial charge in [0, 0.05) is 5.70 Å². The molecule has 6 rings (SSSR count). The van der Waals surface area contributed by atoms with Crippen LogP contribution in [0.5, 0.6) is 0 Å². The lowest BCUT2D eigenvalue weighted by atomic mass is 10.0. The summed E-state index contributed by atoms with van der Waals surface area (Å²) >= 11 is 0. The van der Waals surface area contributed by atoms with Gasteiger partial charge in [0.2, 0.25) is 5.95 Å². The molecule has 0 bridgehead atoms. The third kappa shape index (κ3) is 4.04. The molecule has 172 valence electrons. The molecule has 0 fully saturated rings. The predicted molar refractivity (Wildman–Crippen MR) is 137 cm³/mol. The number of fused-ring (bicyclic) bond motifs is 2. The Morgan fingerprint density at radius 3 is 2.26 bits per heavy atom. The second kappa shape index (κ2) is 8.41. The number of nitrogens with zero attached hydrogens (tertiary/aromatic N) is 3. The van der Waals surface area contributed by atoms with Crippen molar-refractivity contribution >= 4 is 38.4 Å². The maximum atomic E-state index is 13.2. The van der Waals surface area contributed by atoms with Gasteiger partial charge in [-0.05, 0) is 40.1 Å². The number of nitrogens with one attached hydrogen (secondary N) is 2. The third-order valence-corrected chi connectivity index (χ3v) is 7.27. The summed E-state index contributed by atoms with van der Waals surface area (Å²) in [7, 11) is -3.89. The lowest BCUT2D eigenvalue weighted by molar-refractivity contribution is 0.599. The van der Waals surface area contributed by atoms with Crippen LogP contribution in [0.1, 0.15) is 17.2 Å². The van der Waals surface area contributed by atoms with Gasteiger partial charge in [-0.1, -0.05) is 91.0 Å². The number of aromatic nitrogens is 3. The molecule has 1 atom stereocenters. The molecule has 0 radical (unpaired) electrons. The molecule has 0 amide bonds. The zero-order valence-corrected chi connectivity index (χ0v) is 19.4. The van der Waals surface area contributed by atoms with Gasteiger partial charge in [-0.15, -0.1) is 5.10 Å². The Balaban J connectivity index is 1.37. The van der Waals surface area contributed by atoms with Crippen molar-refractivity contribution in [3.05, 3.63) is 120 Å². The van der Waals surface area contributed by atoms with Crippen molar-refractivity contribution in [3.63, 3.8) is 0 Å². The largest absolute Gasteiger partial charge is 0.324 e. The highest BCUT2D eigenvalue weighted by Gasteiger charge is 2.27. The standard InChI is InChI=1S/C27H21N5O2S/c33-35(34,23-16-15-19-9-7-8-14-22(19)17-23)31-26-29-27-28-24(20-10-3-1-4-11-20)18-25(32(27)30-26)21-12-5-2-6-13-21/h1-18,25H,(H2,28,29,30,31)/t25-/m0/s1. The van der Waals surface area contributed by atoms with Crippen LogP contribution in [-0.4, -0.2) is 23.2 Å². The molecule has 4 aromatic carbocycles. The van der Waals surface area contributed by atoms with E-state index < -0.39 is 10.0 Å². The van der Waals surface area contributed by atoms with Gasteiger partial charge in [0.25, 0.3) is 16.0 Å². The monoisotopic (exact) mass is 479 g/mol. The summed E-state index contributed by atoms with van der Waals surface area (Å²) in [6.45, 7) is 0. The van der Waals surface area contributed by atoms with Crippen molar-refractivity contribution in [2.24, 2.45) is 0 Å². The molecule has 2 heterocycles. The highest BCUT2D eigenvalue weighted by molar-refractivity contribution is 7.92. The Kier molecular flexibility index (Phi) is 5.08. The van der Waals surface area contributed by atoms with Crippen molar-refractivity contribution in [1.29, 1.82) is 0 Å². The van der Waals surface area contributed by atoms with Gasteiger partial charge in [-0.3, -0.25) is 0 Å². The molecule has 2 N–H and O–H groups in total. The molecular weight excluding hydrogens is 458 g/mol. The van der Waals surface area contributed by atoms with Gasteiger partial charge in [0.15, 0.2) is 0 Å². The van der Waals surface area contributed by atoms with E-state index in [4.69, 9.17) is 0 Å². The molecule has 5 aromatic rings. The van der Waals surface area contributed by atoms with Crippen LogP contribution in [0.15, 0.2) is 114 Å². The van der Waals surface area contributed by atoms with E-state index in [2.05, 4.69) is 26.2 Å². The first-order valence-corrected chi connectivity index (χ1v) is 12.6. The van der Waals surface area contributed by atoms with Crippen LogP contribution in [0.3, 0.4) is 0 Å². The summed E-state index contributed by atoms with van der Waals surface area (Å²) in [4.78, 5) is 4.64. The van der Waals surface area contributed by atoms with E-state index >= 15 is 0 Å². The highest BCUT2D eigenvalue weighted by atomic mass is 32.2. The molecule has 8 heteroatoms. The maximum absolute atomic E-state index is 13.2. The van der Waals surface area contributed by atoms with E-state index in [1.54, 1.807) is 22.9 Å². The fourth-order valence-corrected chi connectivity index (χ4v) is 5.20. The molecule has 1 aliphatic rings. The molecule has 0 unspecified atom stereocenters. The van der Waals surface area contributed by atoms with Gasteiger partial charge in [-0.2, -0.15) is 4.98 Å². The number of anilines is 2. The van der Waals surface area contributed by atoms with Gasteiger partial charge in [0.1, 0.15) is 6.04 Å². The van der Waals surface area contributed by atoms with E-state index in [1.165, 1.54) is 0 Å². The second-order valence-electron chi connectivity index (χ2n) is 8.24. The number of sulfonamides is 1. The third-order valence-electron chi connectivity index (χ3n) is 5.95. The molecular formula is C27H21N5O2S. The zero-order chi connectivity index (χ0) is 23.8. The van der Waals surface area contributed by atoms with E-state index in [-0.39, 0.29) is 16.9 Å². The van der Waals surface area contributed by atoms with Gasteiger partial charge >= 0.3 is 0 Å². The topological polar surface area (TPSA) is 88.9 Å². The van der Waals surface area contributed by atoms with Crippen LogP contribution >= 0.6 is 0 Å². The summed E-state index contributed by atoms with van der Waals surface area (Å²) in [5.41, 5.74) is 2.89. The van der Waals surface area contributed by atoms with Crippen LogP contribution in [0, 0.1) is 0 Å². The Morgan fingerprint density at radius 1 is 0.800 bits per heavy atom. The summed E-state index contributed by atoms with van der Waals surface area (Å²) < 4.78 is 30.6. The normalized spacial score (nSPS) is 15.2. The minimum absolute atomic E-state index is 0.00398. The Hall–Kier alpha value is -4.43. The number of hydrogen-bond acceptors (Lipinski definition) is 5. The van der Waals surface area contributed by atoms with Crippen LogP contribution in [0.2, 0.25) is 0 Å². The van der Waals surface area contributed by atoms with Crippen molar-refractivity contribution < 1.29 is 8.42 Å². The van der Waals surface area contributed by atoms with Crippen LogP contribution < -0.4 is 10.0 Å². The summed E-state index contributed by atoms with van der Waals surface area (Å²) in [5, 5.41) is 9.63. The van der Waals surface area contributed by atoms with E-state index in [0.29, 0.717) is 5.95 Å². The first-order valence-electron chi connectivity index (χ1n) is 11.1. The molecule has 0 aliphatic carbocycles. The van der Waals surface area contributed by atoms with E-state index in [0.717, 1.165) is 27.6 Å². The lowest BCUT2D eigenvalue weighted by Crippen LogP contribution is -2.20. The molecule has 1 aromatic heterocycles. The average Bonchev–Trinajstić information content (AvgIpc) is 3.30.